The lowest BCUT2D eigenvalue weighted by Gasteiger charge is -2.11. The second-order valence-corrected chi connectivity index (χ2v) is 5.17. The van der Waals surface area contributed by atoms with Crippen molar-refractivity contribution < 1.29 is 18.9 Å². The molecule has 20 heavy (non-hydrogen) atoms. The molecule has 3 rings (SSSR count). The maximum Gasteiger partial charge on any atom is 0.104 e. The molecule has 1 aromatic carbocycles. The van der Waals surface area contributed by atoms with Crippen molar-refractivity contribution in [3.63, 3.8) is 0 Å². The zero-order valence-corrected chi connectivity index (χ0v) is 11.5. The first kappa shape index (κ1) is 13.8. The summed E-state index contributed by atoms with van der Waals surface area (Å²) in [4.78, 5) is 0. The Balaban J connectivity index is 1.57. The summed E-state index contributed by atoms with van der Waals surface area (Å²) in [5.41, 5.74) is 3.41. The van der Waals surface area contributed by atoms with Crippen molar-refractivity contribution >= 4 is 6.08 Å². The molecule has 4 nitrogen and oxygen atoms in total. The Morgan fingerprint density at radius 3 is 2.20 bits per heavy atom. The molecule has 0 N–H and O–H groups in total. The Bertz CT molecular complexity index is 464. The van der Waals surface area contributed by atoms with Gasteiger partial charge in [0.1, 0.15) is 12.2 Å². The lowest BCUT2D eigenvalue weighted by atomic mass is 10.0. The Kier molecular flexibility index (Phi) is 4.47. The topological polar surface area (TPSA) is 43.5 Å². The molecular formula is C16H20O4. The fourth-order valence-corrected chi connectivity index (χ4v) is 1.98. The van der Waals surface area contributed by atoms with Gasteiger partial charge < -0.3 is 18.9 Å². The van der Waals surface area contributed by atoms with Crippen LogP contribution in [0, 0.1) is 0 Å². The van der Waals surface area contributed by atoms with Gasteiger partial charge in [-0.1, -0.05) is 24.8 Å². The largest absolute Gasteiger partial charge is 0.374 e. The number of rotatable bonds is 9. The molecule has 0 bridgehead atoms. The van der Waals surface area contributed by atoms with Crippen LogP contribution in [0.2, 0.25) is 0 Å². The first-order chi connectivity index (χ1) is 9.85. The van der Waals surface area contributed by atoms with Gasteiger partial charge >= 0.3 is 0 Å². The van der Waals surface area contributed by atoms with Crippen molar-refractivity contribution in [2.24, 2.45) is 0 Å². The number of epoxide rings is 2. The minimum atomic E-state index is 0.296. The molecule has 2 saturated heterocycles. The van der Waals surface area contributed by atoms with Crippen LogP contribution in [-0.2, 0) is 32.2 Å². The van der Waals surface area contributed by atoms with Gasteiger partial charge in [0.15, 0.2) is 0 Å². The van der Waals surface area contributed by atoms with E-state index in [1.807, 2.05) is 12.1 Å². The Labute approximate surface area is 119 Å². The van der Waals surface area contributed by atoms with E-state index >= 15 is 0 Å². The highest BCUT2D eigenvalue weighted by atomic mass is 16.6. The lowest BCUT2D eigenvalue weighted by Crippen LogP contribution is -2.06. The van der Waals surface area contributed by atoms with Crippen molar-refractivity contribution in [2.45, 2.75) is 25.4 Å². The average Bonchev–Trinajstić information content (AvgIpc) is 3.34. The molecule has 0 aromatic heterocycles. The van der Waals surface area contributed by atoms with E-state index < -0.39 is 0 Å². The summed E-state index contributed by atoms with van der Waals surface area (Å²) in [6, 6.07) is 6.23. The van der Waals surface area contributed by atoms with Crippen LogP contribution in [0.15, 0.2) is 24.8 Å². The fraction of sp³-hybridized carbons (Fsp3) is 0.500. The summed E-state index contributed by atoms with van der Waals surface area (Å²) in [6.45, 7) is 7.96. The Morgan fingerprint density at radius 2 is 1.65 bits per heavy atom. The standard InChI is InChI=1S/C16H20O4/c1-2-12-3-4-13(6-17-8-15-10-19-15)14(5-12)7-18-9-16-11-20-16/h2-5,15-16H,1,6-11H2. The number of benzene rings is 1. The first-order valence-electron chi connectivity index (χ1n) is 6.98. The SMILES string of the molecule is C=Cc1ccc(COCC2CO2)c(COCC2CO2)c1. The van der Waals surface area contributed by atoms with Crippen LogP contribution in [0.1, 0.15) is 16.7 Å². The average molecular weight is 276 g/mol. The van der Waals surface area contributed by atoms with Crippen LogP contribution in [0.3, 0.4) is 0 Å². The van der Waals surface area contributed by atoms with Gasteiger partial charge in [0.25, 0.3) is 0 Å². The maximum absolute atomic E-state index is 5.68. The smallest absolute Gasteiger partial charge is 0.104 e. The number of hydrogen-bond donors (Lipinski definition) is 0. The number of ether oxygens (including phenoxy) is 4. The van der Waals surface area contributed by atoms with E-state index in [0.29, 0.717) is 38.6 Å². The van der Waals surface area contributed by atoms with Gasteiger partial charge in [0.2, 0.25) is 0 Å². The number of hydrogen-bond acceptors (Lipinski definition) is 4. The molecule has 1 aromatic rings. The molecule has 0 aliphatic carbocycles. The van der Waals surface area contributed by atoms with Gasteiger partial charge in [-0.3, -0.25) is 0 Å². The predicted octanol–water partition coefficient (Wildman–Crippen LogP) is 2.16. The molecule has 4 heteroatoms. The Morgan fingerprint density at radius 1 is 1.05 bits per heavy atom. The van der Waals surface area contributed by atoms with Crippen molar-refractivity contribution in [2.75, 3.05) is 26.4 Å². The van der Waals surface area contributed by atoms with E-state index in [1.54, 1.807) is 0 Å². The molecule has 2 aliphatic rings. The second-order valence-electron chi connectivity index (χ2n) is 5.17. The highest BCUT2D eigenvalue weighted by Crippen LogP contribution is 2.18. The van der Waals surface area contributed by atoms with Crippen molar-refractivity contribution in [3.8, 4) is 0 Å². The maximum atomic E-state index is 5.68. The minimum absolute atomic E-state index is 0.296. The summed E-state index contributed by atoms with van der Waals surface area (Å²) in [5, 5.41) is 0. The minimum Gasteiger partial charge on any atom is -0.374 e. The zero-order chi connectivity index (χ0) is 13.8. The molecule has 2 aliphatic heterocycles. The molecule has 2 heterocycles. The van der Waals surface area contributed by atoms with Crippen molar-refractivity contribution in [1.82, 2.24) is 0 Å². The van der Waals surface area contributed by atoms with Crippen LogP contribution >= 0.6 is 0 Å². The summed E-state index contributed by atoms with van der Waals surface area (Å²) in [6.07, 6.45) is 2.44. The highest BCUT2D eigenvalue weighted by molar-refractivity contribution is 5.49. The molecule has 0 amide bonds. The van der Waals surface area contributed by atoms with E-state index in [4.69, 9.17) is 18.9 Å². The van der Waals surface area contributed by atoms with E-state index in [-0.39, 0.29) is 0 Å². The third-order valence-electron chi connectivity index (χ3n) is 3.39. The van der Waals surface area contributed by atoms with Gasteiger partial charge in [-0.2, -0.15) is 0 Å². The van der Waals surface area contributed by atoms with Gasteiger partial charge in [0.05, 0.1) is 39.6 Å². The molecular weight excluding hydrogens is 256 g/mol. The molecule has 0 radical (unpaired) electrons. The van der Waals surface area contributed by atoms with E-state index in [0.717, 1.165) is 29.9 Å². The normalized spacial score (nSPS) is 23.6. The van der Waals surface area contributed by atoms with Gasteiger partial charge in [-0.25, -0.2) is 0 Å². The molecule has 108 valence electrons. The first-order valence-corrected chi connectivity index (χ1v) is 6.98. The quantitative estimate of drug-likeness (QED) is 0.648. The Hall–Kier alpha value is -1.20. The van der Waals surface area contributed by atoms with Crippen LogP contribution in [0.25, 0.3) is 6.08 Å². The molecule has 2 atom stereocenters. The van der Waals surface area contributed by atoms with Crippen LogP contribution in [0.5, 0.6) is 0 Å². The van der Waals surface area contributed by atoms with E-state index in [1.165, 1.54) is 0 Å². The van der Waals surface area contributed by atoms with Crippen LogP contribution in [0.4, 0.5) is 0 Å². The fourth-order valence-electron chi connectivity index (χ4n) is 1.98. The predicted molar refractivity (Wildman–Crippen MR) is 75.3 cm³/mol. The third kappa shape index (κ3) is 4.15. The monoisotopic (exact) mass is 276 g/mol. The second kappa shape index (κ2) is 6.50. The highest BCUT2D eigenvalue weighted by Gasteiger charge is 2.23. The molecule has 0 spiro atoms. The summed E-state index contributed by atoms with van der Waals surface area (Å²) in [5.74, 6) is 0. The van der Waals surface area contributed by atoms with Gasteiger partial charge in [-0.05, 0) is 22.8 Å². The summed E-state index contributed by atoms with van der Waals surface area (Å²) >= 11 is 0. The van der Waals surface area contributed by atoms with Gasteiger partial charge in [-0.15, -0.1) is 0 Å². The summed E-state index contributed by atoms with van der Waals surface area (Å²) in [7, 11) is 0. The van der Waals surface area contributed by atoms with Crippen molar-refractivity contribution in [1.29, 1.82) is 0 Å². The van der Waals surface area contributed by atoms with E-state index in [2.05, 4.69) is 18.7 Å². The van der Waals surface area contributed by atoms with Crippen LogP contribution in [-0.4, -0.2) is 38.6 Å². The van der Waals surface area contributed by atoms with E-state index in [9.17, 15) is 0 Å². The molecule has 2 fully saturated rings. The molecule has 0 saturated carbocycles. The molecule has 2 unspecified atom stereocenters. The summed E-state index contributed by atoms with van der Waals surface area (Å²) < 4.78 is 21.6. The third-order valence-corrected chi connectivity index (χ3v) is 3.39. The van der Waals surface area contributed by atoms with Crippen molar-refractivity contribution in [3.05, 3.63) is 41.5 Å². The zero-order valence-electron chi connectivity index (χ0n) is 11.5. The van der Waals surface area contributed by atoms with Crippen LogP contribution < -0.4 is 0 Å². The lowest BCUT2D eigenvalue weighted by molar-refractivity contribution is 0.0917. The van der Waals surface area contributed by atoms with Gasteiger partial charge in [0, 0.05) is 0 Å².